The van der Waals surface area contributed by atoms with Crippen LogP contribution in [0.1, 0.15) is 37.7 Å². The number of rotatable bonds is 5. The number of carbonyl (C=O) groups is 1. The first kappa shape index (κ1) is 16.2. The zero-order valence-electron chi connectivity index (χ0n) is 13.4. The van der Waals surface area contributed by atoms with Crippen molar-refractivity contribution in [2.75, 3.05) is 13.2 Å². The third-order valence-electron chi connectivity index (χ3n) is 5.22. The van der Waals surface area contributed by atoms with Gasteiger partial charge in [0.2, 0.25) is 5.91 Å². The number of aliphatic hydroxyl groups is 1. The summed E-state index contributed by atoms with van der Waals surface area (Å²) in [4.78, 5) is 12.1. The number of nitrogens with one attached hydrogen (secondary N) is 1. The molecule has 1 spiro atoms. The third kappa shape index (κ3) is 3.65. The standard InChI is InChI=1S/C19H25NO3/c21-17-14-16(19(17)10-12-23-13-11-19)20-18(22)9-5-4-8-15-6-2-1-3-7-15/h1-4,6-8,16-17,21H,5,9-14H2,(H,20,22)/b8-4+/t16-,17-/m1/s1. The predicted molar refractivity (Wildman–Crippen MR) is 89.8 cm³/mol. The lowest BCUT2D eigenvalue weighted by Gasteiger charge is -2.55. The minimum Gasteiger partial charge on any atom is -0.392 e. The maximum atomic E-state index is 12.1. The Bertz CT molecular complexity index is 549. The second-order valence-electron chi connectivity index (χ2n) is 6.57. The zero-order valence-corrected chi connectivity index (χ0v) is 13.4. The molecule has 1 saturated carbocycles. The highest BCUT2D eigenvalue weighted by Gasteiger charge is 2.55. The molecule has 1 aliphatic carbocycles. The molecule has 1 saturated heterocycles. The van der Waals surface area contributed by atoms with Crippen molar-refractivity contribution in [2.24, 2.45) is 5.41 Å². The van der Waals surface area contributed by atoms with E-state index < -0.39 is 0 Å². The van der Waals surface area contributed by atoms with E-state index in [-0.39, 0.29) is 23.5 Å². The minimum atomic E-state index is -0.297. The van der Waals surface area contributed by atoms with Gasteiger partial charge in [-0.1, -0.05) is 42.5 Å². The van der Waals surface area contributed by atoms with Crippen LogP contribution in [0.3, 0.4) is 0 Å². The number of allylic oxidation sites excluding steroid dienone is 1. The minimum absolute atomic E-state index is 0.0745. The highest BCUT2D eigenvalue weighted by atomic mass is 16.5. The summed E-state index contributed by atoms with van der Waals surface area (Å²) in [5.41, 5.74) is 1.00. The molecule has 1 amide bonds. The van der Waals surface area contributed by atoms with Crippen LogP contribution in [-0.2, 0) is 9.53 Å². The van der Waals surface area contributed by atoms with Crippen molar-refractivity contribution < 1.29 is 14.6 Å². The molecule has 1 aromatic rings. The number of hydrogen-bond donors (Lipinski definition) is 2. The van der Waals surface area contributed by atoms with Gasteiger partial charge < -0.3 is 15.2 Å². The van der Waals surface area contributed by atoms with Crippen LogP contribution in [0.15, 0.2) is 36.4 Å². The van der Waals surface area contributed by atoms with E-state index in [1.54, 1.807) is 0 Å². The molecule has 4 heteroatoms. The Morgan fingerprint density at radius 2 is 2.04 bits per heavy atom. The molecule has 23 heavy (non-hydrogen) atoms. The Hall–Kier alpha value is -1.65. The first-order valence-electron chi connectivity index (χ1n) is 8.47. The normalized spacial score (nSPS) is 26.1. The highest BCUT2D eigenvalue weighted by molar-refractivity contribution is 5.76. The molecule has 0 radical (unpaired) electrons. The Kier molecular flexibility index (Phi) is 5.13. The van der Waals surface area contributed by atoms with Crippen LogP contribution in [0.25, 0.3) is 6.08 Å². The molecule has 0 bridgehead atoms. The summed E-state index contributed by atoms with van der Waals surface area (Å²) >= 11 is 0. The van der Waals surface area contributed by atoms with Gasteiger partial charge in [0.1, 0.15) is 0 Å². The largest absolute Gasteiger partial charge is 0.392 e. The molecule has 1 aromatic carbocycles. The summed E-state index contributed by atoms with van der Waals surface area (Å²) in [5, 5.41) is 13.2. The number of hydrogen-bond acceptors (Lipinski definition) is 3. The number of aliphatic hydroxyl groups excluding tert-OH is 1. The van der Waals surface area contributed by atoms with E-state index in [9.17, 15) is 9.90 Å². The van der Waals surface area contributed by atoms with Crippen LogP contribution in [0.5, 0.6) is 0 Å². The van der Waals surface area contributed by atoms with Gasteiger partial charge in [0.15, 0.2) is 0 Å². The molecule has 1 aliphatic heterocycles. The van der Waals surface area contributed by atoms with Gasteiger partial charge in [-0.15, -0.1) is 0 Å². The van der Waals surface area contributed by atoms with Crippen molar-refractivity contribution in [1.29, 1.82) is 0 Å². The van der Waals surface area contributed by atoms with Crippen LogP contribution < -0.4 is 5.32 Å². The van der Waals surface area contributed by atoms with Gasteiger partial charge >= 0.3 is 0 Å². The van der Waals surface area contributed by atoms with Gasteiger partial charge in [0.25, 0.3) is 0 Å². The fourth-order valence-electron chi connectivity index (χ4n) is 3.66. The fraction of sp³-hybridized carbons (Fsp3) is 0.526. The molecule has 2 N–H and O–H groups in total. The van der Waals surface area contributed by atoms with Crippen LogP contribution in [0.4, 0.5) is 0 Å². The third-order valence-corrected chi connectivity index (χ3v) is 5.22. The molecule has 2 fully saturated rings. The molecule has 4 nitrogen and oxygen atoms in total. The van der Waals surface area contributed by atoms with E-state index in [4.69, 9.17) is 4.74 Å². The number of benzene rings is 1. The van der Waals surface area contributed by atoms with Gasteiger partial charge in [-0.05, 0) is 31.2 Å². The zero-order chi connectivity index (χ0) is 16.1. The lowest BCUT2D eigenvalue weighted by atomic mass is 9.58. The second-order valence-corrected chi connectivity index (χ2v) is 6.57. The fourth-order valence-corrected chi connectivity index (χ4v) is 3.66. The van der Waals surface area contributed by atoms with E-state index in [2.05, 4.69) is 5.32 Å². The molecule has 1 heterocycles. The monoisotopic (exact) mass is 315 g/mol. The van der Waals surface area contributed by atoms with Crippen LogP contribution in [0.2, 0.25) is 0 Å². The van der Waals surface area contributed by atoms with Gasteiger partial charge in [-0.2, -0.15) is 0 Å². The Morgan fingerprint density at radius 1 is 1.30 bits per heavy atom. The van der Waals surface area contributed by atoms with Crippen LogP contribution in [-0.4, -0.2) is 36.4 Å². The summed E-state index contributed by atoms with van der Waals surface area (Å²) in [6.07, 6.45) is 7.35. The van der Waals surface area contributed by atoms with Crippen molar-refractivity contribution >= 4 is 12.0 Å². The van der Waals surface area contributed by atoms with Gasteiger partial charge in [-0.25, -0.2) is 0 Å². The van der Waals surface area contributed by atoms with E-state index >= 15 is 0 Å². The van der Waals surface area contributed by atoms with E-state index in [1.165, 1.54) is 0 Å². The molecule has 2 atom stereocenters. The molecule has 124 valence electrons. The first-order chi connectivity index (χ1) is 11.2. The topological polar surface area (TPSA) is 58.6 Å². The Morgan fingerprint density at radius 3 is 2.74 bits per heavy atom. The van der Waals surface area contributed by atoms with Crippen molar-refractivity contribution in [3.8, 4) is 0 Å². The van der Waals surface area contributed by atoms with Gasteiger partial charge in [-0.3, -0.25) is 4.79 Å². The van der Waals surface area contributed by atoms with E-state index in [0.717, 1.165) is 24.8 Å². The van der Waals surface area contributed by atoms with Crippen molar-refractivity contribution in [3.05, 3.63) is 42.0 Å². The van der Waals surface area contributed by atoms with Crippen LogP contribution >= 0.6 is 0 Å². The van der Waals surface area contributed by atoms with E-state index in [0.29, 0.717) is 26.1 Å². The molecule has 3 rings (SSSR count). The second kappa shape index (κ2) is 7.28. The molecule has 2 aliphatic rings. The molecule has 0 unspecified atom stereocenters. The quantitative estimate of drug-likeness (QED) is 0.878. The lowest BCUT2D eigenvalue weighted by molar-refractivity contribution is -0.156. The summed E-state index contributed by atoms with van der Waals surface area (Å²) < 4.78 is 5.39. The van der Waals surface area contributed by atoms with Crippen molar-refractivity contribution in [2.45, 2.75) is 44.2 Å². The Balaban J connectivity index is 1.44. The first-order valence-corrected chi connectivity index (χ1v) is 8.47. The molecular weight excluding hydrogens is 290 g/mol. The number of amides is 1. The van der Waals surface area contributed by atoms with Crippen LogP contribution in [0, 0.1) is 5.41 Å². The predicted octanol–water partition coefficient (Wildman–Crippen LogP) is 2.53. The van der Waals surface area contributed by atoms with Gasteiger partial charge in [0.05, 0.1) is 6.10 Å². The highest BCUT2D eigenvalue weighted by Crippen LogP contribution is 2.48. The number of ether oxygens (including phenoxy) is 1. The maximum absolute atomic E-state index is 12.1. The number of carbonyl (C=O) groups excluding carboxylic acids is 1. The molecular formula is C19H25NO3. The Labute approximate surface area is 137 Å². The lowest BCUT2D eigenvalue weighted by Crippen LogP contribution is -2.65. The SMILES string of the molecule is O=C(CC/C=C/c1ccccc1)N[C@@H]1C[C@@H](O)C12CCOCC2. The van der Waals surface area contributed by atoms with Gasteiger partial charge in [0, 0.05) is 31.1 Å². The van der Waals surface area contributed by atoms with Crippen molar-refractivity contribution in [1.82, 2.24) is 5.32 Å². The van der Waals surface area contributed by atoms with E-state index in [1.807, 2.05) is 42.5 Å². The smallest absolute Gasteiger partial charge is 0.220 e. The summed E-state index contributed by atoms with van der Waals surface area (Å²) in [7, 11) is 0. The summed E-state index contributed by atoms with van der Waals surface area (Å²) in [6, 6.07) is 10.2. The molecule has 0 aromatic heterocycles. The van der Waals surface area contributed by atoms with Crippen molar-refractivity contribution in [3.63, 3.8) is 0 Å². The maximum Gasteiger partial charge on any atom is 0.220 e. The average Bonchev–Trinajstić information content (AvgIpc) is 2.60. The summed E-state index contributed by atoms with van der Waals surface area (Å²) in [6.45, 7) is 1.37. The summed E-state index contributed by atoms with van der Waals surface area (Å²) in [5.74, 6) is 0.0745. The average molecular weight is 315 g/mol.